The van der Waals surface area contributed by atoms with E-state index in [4.69, 9.17) is 28.5 Å². The molecule has 1 unspecified atom stereocenters. The number of halogens is 2. The van der Waals surface area contributed by atoms with Crippen LogP contribution >= 0.6 is 23.2 Å². The number of hydrogen-bond donors (Lipinski definition) is 2. The largest absolute Gasteiger partial charge is 0.382 e. The third-order valence-corrected chi connectivity index (χ3v) is 4.23. The molecular formula is C18H12Cl2N4O. The zero-order valence-corrected chi connectivity index (χ0v) is 14.3. The molecule has 0 bridgehead atoms. The summed E-state index contributed by atoms with van der Waals surface area (Å²) in [5, 5.41) is 23.1. The normalized spacial score (nSPS) is 11.6. The third kappa shape index (κ3) is 4.06. The highest BCUT2D eigenvalue weighted by atomic mass is 35.5. The molecule has 0 aliphatic carbocycles. The zero-order chi connectivity index (χ0) is 17.8. The number of rotatable bonds is 4. The van der Waals surface area contributed by atoms with E-state index in [1.165, 1.54) is 0 Å². The molecule has 25 heavy (non-hydrogen) atoms. The summed E-state index contributed by atoms with van der Waals surface area (Å²) in [4.78, 5) is 8.47. The first-order valence-electron chi connectivity index (χ1n) is 7.30. The van der Waals surface area contributed by atoms with Gasteiger partial charge in [0.1, 0.15) is 6.10 Å². The summed E-state index contributed by atoms with van der Waals surface area (Å²) >= 11 is 11.9. The van der Waals surface area contributed by atoms with E-state index in [0.717, 1.165) is 5.69 Å². The van der Waals surface area contributed by atoms with Gasteiger partial charge in [-0.25, -0.2) is 9.97 Å². The number of aliphatic hydroxyl groups excluding tert-OH is 1. The molecule has 2 N–H and O–H groups in total. The minimum Gasteiger partial charge on any atom is -0.382 e. The first-order valence-corrected chi connectivity index (χ1v) is 8.05. The molecule has 2 aromatic carbocycles. The van der Waals surface area contributed by atoms with Crippen molar-refractivity contribution in [1.82, 2.24) is 9.97 Å². The maximum Gasteiger partial charge on any atom is 0.227 e. The van der Waals surface area contributed by atoms with Gasteiger partial charge in [-0.1, -0.05) is 29.3 Å². The van der Waals surface area contributed by atoms with Crippen LogP contribution in [0.15, 0.2) is 54.7 Å². The number of nitrogens with zero attached hydrogens (tertiary/aromatic N) is 3. The average molecular weight is 371 g/mol. The fraction of sp³-hybridized carbons (Fsp3) is 0.0556. The van der Waals surface area contributed by atoms with Gasteiger partial charge in [0.25, 0.3) is 0 Å². The smallest absolute Gasteiger partial charge is 0.227 e. The number of nitrogens with one attached hydrogen (secondary N) is 1. The van der Waals surface area contributed by atoms with Gasteiger partial charge in [0, 0.05) is 11.9 Å². The molecule has 0 saturated carbocycles. The van der Waals surface area contributed by atoms with Gasteiger partial charge < -0.3 is 10.4 Å². The summed E-state index contributed by atoms with van der Waals surface area (Å²) in [7, 11) is 0. The quantitative estimate of drug-likeness (QED) is 0.707. The van der Waals surface area contributed by atoms with Crippen LogP contribution in [-0.2, 0) is 0 Å². The van der Waals surface area contributed by atoms with Gasteiger partial charge in [0.05, 0.1) is 27.4 Å². The van der Waals surface area contributed by atoms with E-state index >= 15 is 0 Å². The highest BCUT2D eigenvalue weighted by Crippen LogP contribution is 2.28. The van der Waals surface area contributed by atoms with Crippen LogP contribution in [0.2, 0.25) is 10.0 Å². The summed E-state index contributed by atoms with van der Waals surface area (Å²) in [6.07, 6.45) is 0.592. The van der Waals surface area contributed by atoms with Crippen LogP contribution in [0.3, 0.4) is 0 Å². The Labute approximate surface area is 154 Å². The second kappa shape index (κ2) is 7.49. The van der Waals surface area contributed by atoms with Crippen molar-refractivity contribution in [3.63, 3.8) is 0 Å². The Morgan fingerprint density at radius 1 is 1.04 bits per heavy atom. The molecular weight excluding hydrogens is 359 g/mol. The van der Waals surface area contributed by atoms with Crippen LogP contribution in [0.5, 0.6) is 0 Å². The van der Waals surface area contributed by atoms with Gasteiger partial charge >= 0.3 is 0 Å². The van der Waals surface area contributed by atoms with Crippen LogP contribution in [0.25, 0.3) is 0 Å². The molecule has 0 aliphatic rings. The molecule has 1 aromatic heterocycles. The number of nitriles is 1. The maximum absolute atomic E-state index is 10.5. The van der Waals surface area contributed by atoms with Gasteiger partial charge in [0.2, 0.25) is 5.95 Å². The van der Waals surface area contributed by atoms with Crippen molar-refractivity contribution in [2.75, 3.05) is 5.32 Å². The van der Waals surface area contributed by atoms with Crippen LogP contribution < -0.4 is 5.32 Å². The molecule has 0 radical (unpaired) electrons. The van der Waals surface area contributed by atoms with Crippen LogP contribution in [0.4, 0.5) is 11.6 Å². The van der Waals surface area contributed by atoms with Crippen molar-refractivity contribution in [2.24, 2.45) is 0 Å². The van der Waals surface area contributed by atoms with Gasteiger partial charge in [-0.05, 0) is 48.0 Å². The van der Waals surface area contributed by atoms with Gasteiger partial charge in [0.15, 0.2) is 0 Å². The number of hydrogen-bond acceptors (Lipinski definition) is 5. The monoisotopic (exact) mass is 370 g/mol. The van der Waals surface area contributed by atoms with E-state index in [2.05, 4.69) is 21.4 Å². The van der Waals surface area contributed by atoms with E-state index < -0.39 is 6.10 Å². The maximum atomic E-state index is 10.5. The molecule has 7 heteroatoms. The van der Waals surface area contributed by atoms with Crippen molar-refractivity contribution >= 4 is 34.8 Å². The zero-order valence-electron chi connectivity index (χ0n) is 12.8. The van der Waals surface area contributed by atoms with Crippen molar-refractivity contribution in [3.05, 3.63) is 81.6 Å². The molecule has 0 saturated heterocycles. The van der Waals surface area contributed by atoms with Crippen molar-refractivity contribution in [3.8, 4) is 6.07 Å². The fourth-order valence-corrected chi connectivity index (χ4v) is 2.50. The predicted octanol–water partition coefficient (Wildman–Crippen LogP) is 4.48. The molecule has 5 nitrogen and oxygen atoms in total. The van der Waals surface area contributed by atoms with Crippen molar-refractivity contribution < 1.29 is 5.11 Å². The minimum atomic E-state index is -0.959. The molecule has 1 heterocycles. The summed E-state index contributed by atoms with van der Waals surface area (Å²) in [5.74, 6) is 0.335. The summed E-state index contributed by atoms with van der Waals surface area (Å²) < 4.78 is 0. The first kappa shape index (κ1) is 17.2. The van der Waals surface area contributed by atoms with Gasteiger partial charge in [-0.15, -0.1) is 0 Å². The highest BCUT2D eigenvalue weighted by Gasteiger charge is 2.14. The number of aliphatic hydroxyl groups is 1. The average Bonchev–Trinajstić information content (AvgIpc) is 2.64. The second-order valence-corrected chi connectivity index (χ2v) is 6.01. The fourth-order valence-electron chi connectivity index (χ4n) is 2.20. The molecule has 3 rings (SSSR count). The first-order chi connectivity index (χ1) is 12.1. The Balaban J connectivity index is 1.82. The number of anilines is 2. The van der Waals surface area contributed by atoms with E-state index in [1.807, 2.05) is 0 Å². The Kier molecular flexibility index (Phi) is 5.15. The number of aromatic nitrogens is 2. The lowest BCUT2D eigenvalue weighted by Crippen LogP contribution is -2.05. The third-order valence-electron chi connectivity index (χ3n) is 3.49. The lowest BCUT2D eigenvalue weighted by molar-refractivity contribution is 0.215. The highest BCUT2D eigenvalue weighted by molar-refractivity contribution is 6.42. The van der Waals surface area contributed by atoms with Gasteiger partial charge in [-0.2, -0.15) is 5.26 Å². The molecule has 3 aromatic rings. The van der Waals surface area contributed by atoms with Crippen molar-refractivity contribution in [2.45, 2.75) is 6.10 Å². The molecule has 124 valence electrons. The molecule has 0 fully saturated rings. The van der Waals surface area contributed by atoms with E-state index in [-0.39, 0.29) is 0 Å². The van der Waals surface area contributed by atoms with E-state index in [0.29, 0.717) is 32.8 Å². The SMILES string of the molecule is N#Cc1ccc(Nc2nccc(C(O)c3ccc(Cl)c(Cl)c3)n2)cc1. The topological polar surface area (TPSA) is 81.8 Å². The lowest BCUT2D eigenvalue weighted by atomic mass is 10.1. The predicted molar refractivity (Wildman–Crippen MR) is 97.0 cm³/mol. The Bertz CT molecular complexity index is 939. The van der Waals surface area contributed by atoms with Crippen LogP contribution in [0, 0.1) is 11.3 Å². The molecule has 0 spiro atoms. The van der Waals surface area contributed by atoms with Gasteiger partial charge in [-0.3, -0.25) is 0 Å². The van der Waals surface area contributed by atoms with E-state index in [9.17, 15) is 5.11 Å². The molecule has 1 atom stereocenters. The van der Waals surface area contributed by atoms with Crippen LogP contribution in [-0.4, -0.2) is 15.1 Å². The Hall–Kier alpha value is -2.65. The van der Waals surface area contributed by atoms with Crippen LogP contribution in [0.1, 0.15) is 22.9 Å². The van der Waals surface area contributed by atoms with Crippen molar-refractivity contribution in [1.29, 1.82) is 5.26 Å². The molecule has 0 amide bonds. The summed E-state index contributed by atoms with van der Waals surface area (Å²) in [6, 6.07) is 15.5. The second-order valence-electron chi connectivity index (χ2n) is 5.20. The minimum absolute atomic E-state index is 0.335. The number of benzene rings is 2. The van der Waals surface area contributed by atoms with E-state index in [1.54, 1.807) is 54.7 Å². The Morgan fingerprint density at radius 2 is 1.80 bits per heavy atom. The summed E-state index contributed by atoms with van der Waals surface area (Å²) in [5.41, 5.74) is 2.30. The standard InChI is InChI=1S/C18H12Cl2N4O/c19-14-6-3-12(9-15(14)20)17(25)16-7-8-22-18(24-16)23-13-4-1-11(10-21)2-5-13/h1-9,17,25H,(H,22,23,24). The molecule has 0 aliphatic heterocycles. The Morgan fingerprint density at radius 3 is 2.48 bits per heavy atom. The summed E-state index contributed by atoms with van der Waals surface area (Å²) in [6.45, 7) is 0. The lowest BCUT2D eigenvalue weighted by Gasteiger charge is -2.13.